The lowest BCUT2D eigenvalue weighted by Gasteiger charge is -2.17. The summed E-state index contributed by atoms with van der Waals surface area (Å²) in [4.78, 5) is 0. The molecule has 0 saturated carbocycles. The summed E-state index contributed by atoms with van der Waals surface area (Å²) in [5.74, 6) is 2.47. The fourth-order valence-corrected chi connectivity index (χ4v) is 3.15. The molecule has 1 saturated heterocycles. The molecule has 1 aliphatic heterocycles. The Labute approximate surface area is 73.0 Å². The Bertz CT molecular complexity index is 62.6. The molecule has 1 heterocycles. The summed E-state index contributed by atoms with van der Waals surface area (Å²) in [7, 11) is 0. The summed E-state index contributed by atoms with van der Waals surface area (Å²) < 4.78 is 0.476. The largest absolute Gasteiger partial charge is 0.394 e. The van der Waals surface area contributed by atoms with Gasteiger partial charge in [-0.2, -0.15) is 0 Å². The smallest absolute Gasteiger partial charge is 0.0733 e. The molecule has 64 valence electrons. The van der Waals surface area contributed by atoms with Crippen molar-refractivity contribution in [2.75, 3.05) is 18.1 Å². The van der Waals surface area contributed by atoms with Crippen LogP contribution in [0.3, 0.4) is 0 Å². The maximum atomic E-state index is 8.65. The van der Waals surface area contributed by atoms with Crippen molar-refractivity contribution in [2.45, 2.75) is 25.9 Å². The van der Waals surface area contributed by atoms with E-state index in [1.165, 1.54) is 17.9 Å². The lowest BCUT2D eigenvalue weighted by molar-refractivity contribution is 0.315. The van der Waals surface area contributed by atoms with E-state index in [0.29, 0.717) is 11.2 Å². The van der Waals surface area contributed by atoms with Crippen LogP contribution in [0.15, 0.2) is 0 Å². The van der Waals surface area contributed by atoms with Crippen LogP contribution >= 0.6 is 23.5 Å². The summed E-state index contributed by atoms with van der Waals surface area (Å²) in [6.45, 7) is 0.343. The molecule has 1 fully saturated rings. The van der Waals surface area contributed by atoms with E-state index in [4.69, 9.17) is 5.11 Å². The van der Waals surface area contributed by atoms with E-state index in [0.717, 1.165) is 0 Å². The average molecular weight is 182 g/mol. The molecule has 0 aliphatic carbocycles. The van der Waals surface area contributed by atoms with Crippen molar-refractivity contribution < 1.29 is 5.11 Å². The van der Waals surface area contributed by atoms with Gasteiger partial charge in [0.15, 0.2) is 0 Å². The summed E-state index contributed by atoms with van der Waals surface area (Å²) in [6, 6.07) is 0. The van der Waals surface area contributed by atoms with Crippen LogP contribution in [-0.4, -0.2) is 27.8 Å². The van der Waals surface area contributed by atoms with Crippen LogP contribution in [0.25, 0.3) is 0 Å². The third kappa shape index (κ3) is 4.47. The van der Waals surface area contributed by atoms with Crippen LogP contribution in [-0.2, 0) is 0 Å². The highest BCUT2D eigenvalue weighted by molar-refractivity contribution is 8.17. The van der Waals surface area contributed by atoms with Crippen LogP contribution < -0.4 is 0 Å². The normalized spacial score (nSPS) is 18.9. The van der Waals surface area contributed by atoms with Crippen LogP contribution in [0, 0.1) is 0 Å². The van der Waals surface area contributed by atoms with E-state index in [1.54, 1.807) is 0 Å². The lowest BCUT2D eigenvalue weighted by atomic mass is 10.6. The average Bonchev–Trinajstić information content (AvgIpc) is 1.90. The molecule has 0 amide bonds. The van der Waals surface area contributed by atoms with Crippen molar-refractivity contribution in [3.05, 3.63) is 0 Å². The van der Waals surface area contributed by atoms with Crippen molar-refractivity contribution in [1.29, 1.82) is 0 Å². The molecule has 0 atom stereocenters. The van der Waals surface area contributed by atoms with Crippen LogP contribution in [0.4, 0.5) is 0 Å². The van der Waals surface area contributed by atoms with Gasteiger partial charge in [-0.05, 0) is 17.9 Å². The summed E-state index contributed by atoms with van der Waals surface area (Å²) >= 11 is 3.75. The first-order valence-electron chi connectivity index (χ1n) is 2.77. The Morgan fingerprint density at radius 3 is 2.00 bits per heavy atom. The van der Waals surface area contributed by atoms with Crippen molar-refractivity contribution in [3.63, 3.8) is 0 Å². The molecular formula is C7H18OS2. The van der Waals surface area contributed by atoms with Gasteiger partial charge in [-0.25, -0.2) is 0 Å². The quantitative estimate of drug-likeness (QED) is 0.672. The molecule has 1 rings (SSSR count). The highest BCUT2D eigenvalue weighted by Crippen LogP contribution is 2.29. The van der Waals surface area contributed by atoms with Gasteiger partial charge in [0.1, 0.15) is 0 Å². The molecule has 0 spiro atoms. The second-order valence-electron chi connectivity index (χ2n) is 1.71. The van der Waals surface area contributed by atoms with Gasteiger partial charge in [-0.3, -0.25) is 0 Å². The molecule has 1 nitrogen and oxygen atoms in total. The molecule has 0 aromatic rings. The number of aliphatic hydroxyl groups excluding tert-OH is 1. The zero-order chi connectivity index (χ0) is 5.82. The second kappa shape index (κ2) is 7.76. The van der Waals surface area contributed by atoms with E-state index in [1.807, 2.05) is 23.5 Å². The fraction of sp³-hybridized carbons (Fsp3) is 1.00. The van der Waals surface area contributed by atoms with E-state index in [9.17, 15) is 0 Å². The highest BCUT2D eigenvalue weighted by Gasteiger charge is 2.11. The van der Waals surface area contributed by atoms with Gasteiger partial charge in [-0.1, -0.05) is 14.9 Å². The van der Waals surface area contributed by atoms with Gasteiger partial charge in [-0.15, -0.1) is 23.5 Å². The van der Waals surface area contributed by atoms with Gasteiger partial charge in [0.2, 0.25) is 0 Å². The first-order chi connectivity index (χ1) is 3.93. The molecular weight excluding hydrogens is 164 g/mol. The van der Waals surface area contributed by atoms with Gasteiger partial charge in [0.05, 0.1) is 11.2 Å². The van der Waals surface area contributed by atoms with Crippen molar-refractivity contribution in [1.82, 2.24) is 0 Å². The number of hydrogen-bond donors (Lipinski definition) is 1. The van der Waals surface area contributed by atoms with Gasteiger partial charge < -0.3 is 5.11 Å². The number of aliphatic hydroxyl groups is 1. The highest BCUT2D eigenvalue weighted by atomic mass is 32.2. The van der Waals surface area contributed by atoms with Crippen LogP contribution in [0.5, 0.6) is 0 Å². The zero-order valence-electron chi connectivity index (χ0n) is 4.67. The lowest BCUT2D eigenvalue weighted by Crippen LogP contribution is -2.10. The Balaban J connectivity index is 0. The number of rotatable bonds is 1. The predicted molar refractivity (Wildman–Crippen MR) is 53.9 cm³/mol. The molecule has 0 unspecified atom stereocenters. The van der Waals surface area contributed by atoms with E-state index >= 15 is 0 Å². The molecule has 1 aliphatic rings. The van der Waals surface area contributed by atoms with E-state index in [-0.39, 0.29) is 14.9 Å². The standard InChI is InChI=1S/C5H10OS2.2CH4/c6-4-5-7-2-1-3-8-5;;/h5-6H,1-4H2;2*1H4. The molecule has 1 N–H and O–H groups in total. The Morgan fingerprint density at radius 2 is 1.70 bits per heavy atom. The minimum atomic E-state index is 0. The third-order valence-corrected chi connectivity index (χ3v) is 3.95. The van der Waals surface area contributed by atoms with Gasteiger partial charge in [0.25, 0.3) is 0 Å². The van der Waals surface area contributed by atoms with Crippen molar-refractivity contribution >= 4 is 23.5 Å². The molecule has 3 heteroatoms. The van der Waals surface area contributed by atoms with Crippen LogP contribution in [0.1, 0.15) is 21.3 Å². The monoisotopic (exact) mass is 182 g/mol. The van der Waals surface area contributed by atoms with Crippen LogP contribution in [0.2, 0.25) is 0 Å². The first kappa shape index (κ1) is 13.3. The second-order valence-corrected chi connectivity index (χ2v) is 4.63. The molecule has 0 aromatic carbocycles. The van der Waals surface area contributed by atoms with Crippen molar-refractivity contribution in [3.8, 4) is 0 Å². The summed E-state index contributed by atoms with van der Waals surface area (Å²) in [5.41, 5.74) is 0. The zero-order valence-corrected chi connectivity index (χ0v) is 6.30. The maximum absolute atomic E-state index is 8.65. The minimum absolute atomic E-state index is 0. The molecule has 0 radical (unpaired) electrons. The maximum Gasteiger partial charge on any atom is 0.0733 e. The fourth-order valence-electron chi connectivity index (χ4n) is 0.642. The molecule has 10 heavy (non-hydrogen) atoms. The van der Waals surface area contributed by atoms with E-state index < -0.39 is 0 Å². The van der Waals surface area contributed by atoms with Gasteiger partial charge in [0, 0.05) is 0 Å². The molecule has 0 bridgehead atoms. The third-order valence-electron chi connectivity index (χ3n) is 1.05. The summed E-state index contributed by atoms with van der Waals surface area (Å²) in [5, 5.41) is 8.65. The minimum Gasteiger partial charge on any atom is -0.394 e. The Kier molecular flexibility index (Phi) is 10.3. The predicted octanol–water partition coefficient (Wildman–Crippen LogP) is 2.45. The summed E-state index contributed by atoms with van der Waals surface area (Å²) in [6.07, 6.45) is 1.31. The number of hydrogen-bond acceptors (Lipinski definition) is 3. The van der Waals surface area contributed by atoms with E-state index in [2.05, 4.69) is 0 Å². The Morgan fingerprint density at radius 1 is 1.20 bits per heavy atom. The van der Waals surface area contributed by atoms with Gasteiger partial charge >= 0.3 is 0 Å². The topological polar surface area (TPSA) is 20.2 Å². The SMILES string of the molecule is C.C.OCC1SCCCS1. The first-order valence-corrected chi connectivity index (χ1v) is 4.87. The Hall–Kier alpha value is 0.660. The molecule has 0 aromatic heterocycles. The number of thioether (sulfide) groups is 2. The van der Waals surface area contributed by atoms with Crippen molar-refractivity contribution in [2.24, 2.45) is 0 Å².